The molecule has 98 valence electrons. The van der Waals surface area contributed by atoms with Crippen LogP contribution < -0.4 is 5.30 Å². The molecule has 0 nitrogen and oxygen atoms in total. The first-order valence-electron chi connectivity index (χ1n) is 4.37. The van der Waals surface area contributed by atoms with Crippen LogP contribution in [0.2, 0.25) is 0 Å². The van der Waals surface area contributed by atoms with Crippen LogP contribution in [-0.2, 0) is 0 Å². The predicted octanol–water partition coefficient (Wildman–Crippen LogP) is 4.77. The van der Waals surface area contributed by atoms with Crippen molar-refractivity contribution in [2.24, 2.45) is 0 Å². The number of alkyl halides is 4. The molecular formula is C9H8F7P. The van der Waals surface area contributed by atoms with Gasteiger partial charge in [-0.1, -0.05) is 0 Å². The van der Waals surface area contributed by atoms with E-state index in [1.165, 1.54) is 6.07 Å². The summed E-state index contributed by atoms with van der Waals surface area (Å²) in [6.07, 6.45) is 0. The second-order valence-corrected chi connectivity index (χ2v) is 6.27. The first kappa shape index (κ1) is 14.2. The number of hydrogen-bond donors (Lipinski definition) is 0. The van der Waals surface area contributed by atoms with Crippen molar-refractivity contribution in [3.05, 3.63) is 30.3 Å². The molecule has 0 fully saturated rings. The van der Waals surface area contributed by atoms with Crippen LogP contribution in [0.1, 0.15) is 6.92 Å². The molecule has 0 aliphatic rings. The van der Waals surface area contributed by atoms with Gasteiger partial charge in [0.25, 0.3) is 0 Å². The van der Waals surface area contributed by atoms with Crippen LogP contribution in [0.4, 0.5) is 30.2 Å². The normalized spacial score (nSPS) is 16.4. The van der Waals surface area contributed by atoms with Gasteiger partial charge in [0.05, 0.1) is 0 Å². The van der Waals surface area contributed by atoms with Crippen molar-refractivity contribution in [2.75, 3.05) is 0 Å². The van der Waals surface area contributed by atoms with E-state index in [0.29, 0.717) is 12.1 Å². The van der Waals surface area contributed by atoms with E-state index in [-0.39, 0.29) is 0 Å². The van der Waals surface area contributed by atoms with E-state index in [1.54, 1.807) is 0 Å². The first-order valence-corrected chi connectivity index (χ1v) is 6.28. The first-order chi connectivity index (χ1) is 7.39. The monoisotopic (exact) mass is 280 g/mol. The van der Waals surface area contributed by atoms with Crippen molar-refractivity contribution in [3.63, 3.8) is 0 Å². The van der Waals surface area contributed by atoms with Crippen LogP contribution in [0.5, 0.6) is 0 Å². The van der Waals surface area contributed by atoms with Crippen molar-refractivity contribution in [1.29, 1.82) is 0 Å². The van der Waals surface area contributed by atoms with E-state index in [2.05, 4.69) is 0 Å². The van der Waals surface area contributed by atoms with Crippen LogP contribution in [-0.4, -0.2) is 11.6 Å². The Labute approximate surface area is 92.7 Å². The molecule has 0 amide bonds. The fraction of sp³-hybridized carbons (Fsp3) is 0.333. The molecule has 0 aliphatic carbocycles. The maximum atomic E-state index is 13.4. The Morgan fingerprint density at radius 2 is 1.29 bits per heavy atom. The fourth-order valence-corrected chi connectivity index (χ4v) is 2.78. The summed E-state index contributed by atoms with van der Waals surface area (Å²) in [5, 5.41) is -1.69. The minimum absolute atomic E-state index is 0.372. The van der Waals surface area contributed by atoms with Gasteiger partial charge < -0.3 is 0 Å². The second kappa shape index (κ2) is 3.57. The molecule has 0 unspecified atom stereocenters. The molecule has 8 heteroatoms. The average molecular weight is 280 g/mol. The molecule has 1 aromatic rings. The zero-order valence-corrected chi connectivity index (χ0v) is 9.37. The Hall–Kier alpha value is -0.840. The Morgan fingerprint density at radius 3 is 1.65 bits per heavy atom. The summed E-state index contributed by atoms with van der Waals surface area (Å²) in [5.41, 5.74) is -6.03. The van der Waals surface area contributed by atoms with Crippen molar-refractivity contribution < 1.29 is 30.2 Å². The third-order valence-electron chi connectivity index (χ3n) is 2.17. The number of benzene rings is 1. The number of rotatable bonds is 3. The van der Waals surface area contributed by atoms with Crippen molar-refractivity contribution in [1.82, 2.24) is 0 Å². The summed E-state index contributed by atoms with van der Waals surface area (Å²) < 4.78 is 91.0. The number of hydrogen-bond acceptors (Lipinski definition) is 0. The molecule has 1 aromatic carbocycles. The Balaban J connectivity index is 3.45. The quantitative estimate of drug-likeness (QED) is 0.552. The molecule has 0 saturated carbocycles. The van der Waals surface area contributed by atoms with Gasteiger partial charge in [0.2, 0.25) is 0 Å². The third-order valence-corrected chi connectivity index (χ3v) is 4.62. The van der Waals surface area contributed by atoms with Gasteiger partial charge in [-0.25, -0.2) is 0 Å². The molecule has 1 rings (SSSR count). The topological polar surface area (TPSA) is 0 Å². The minimum atomic E-state index is -8.51. The van der Waals surface area contributed by atoms with E-state index >= 15 is 0 Å². The van der Waals surface area contributed by atoms with Crippen LogP contribution in [0.15, 0.2) is 30.3 Å². The van der Waals surface area contributed by atoms with E-state index in [0.717, 1.165) is 12.1 Å². The fourth-order valence-electron chi connectivity index (χ4n) is 1.15. The Morgan fingerprint density at radius 1 is 0.882 bits per heavy atom. The molecule has 0 aliphatic heterocycles. The van der Waals surface area contributed by atoms with Crippen molar-refractivity contribution in [3.8, 4) is 0 Å². The molecular weight excluding hydrogens is 272 g/mol. The standard InChI is InChI=1S/C9H8F7P/c1-8(10,11)9(12,13)17(14,15,16)7-5-3-2-4-6-7/h2-6H,1H3. The number of halogens is 7. The van der Waals surface area contributed by atoms with E-state index in [1.807, 2.05) is 0 Å². The summed E-state index contributed by atoms with van der Waals surface area (Å²) in [5.74, 6) is -5.15. The van der Waals surface area contributed by atoms with Gasteiger partial charge in [-0.3, -0.25) is 0 Å². The molecule has 0 bridgehead atoms. The van der Waals surface area contributed by atoms with Crippen LogP contribution >= 0.6 is 7.54 Å². The van der Waals surface area contributed by atoms with Crippen molar-refractivity contribution >= 4 is 12.8 Å². The summed E-state index contributed by atoms with van der Waals surface area (Å²) in [6, 6.07) is 3.67. The van der Waals surface area contributed by atoms with Gasteiger partial charge in [-0.2, -0.15) is 0 Å². The molecule has 0 spiro atoms. The molecule has 0 N–H and O–H groups in total. The molecule has 0 atom stereocenters. The van der Waals surface area contributed by atoms with E-state index in [4.69, 9.17) is 0 Å². The third kappa shape index (κ3) is 2.01. The summed E-state index contributed by atoms with van der Waals surface area (Å²) in [6.45, 7) is -0.434. The average Bonchev–Trinajstić information content (AvgIpc) is 2.16. The van der Waals surface area contributed by atoms with Gasteiger partial charge >= 0.3 is 91.8 Å². The Bertz CT molecular complexity index is 401. The molecule has 0 saturated heterocycles. The zero-order valence-electron chi connectivity index (χ0n) is 8.48. The maximum absolute atomic E-state index is 13.4. The molecule has 17 heavy (non-hydrogen) atoms. The summed E-state index contributed by atoms with van der Waals surface area (Å²) >= 11 is 0. The Kier molecular flexibility index (Phi) is 2.99. The van der Waals surface area contributed by atoms with Crippen LogP contribution in [0, 0.1) is 0 Å². The summed E-state index contributed by atoms with van der Waals surface area (Å²) in [7, 11) is -8.51. The summed E-state index contributed by atoms with van der Waals surface area (Å²) in [4.78, 5) is 0. The predicted molar refractivity (Wildman–Crippen MR) is 51.9 cm³/mol. The molecule has 0 heterocycles. The van der Waals surface area contributed by atoms with Crippen LogP contribution in [0.3, 0.4) is 0 Å². The second-order valence-electron chi connectivity index (χ2n) is 3.58. The van der Waals surface area contributed by atoms with Gasteiger partial charge in [0.15, 0.2) is 0 Å². The van der Waals surface area contributed by atoms with Gasteiger partial charge in [-0.05, 0) is 0 Å². The van der Waals surface area contributed by atoms with Gasteiger partial charge in [0.1, 0.15) is 0 Å². The SMILES string of the molecule is CC(F)(F)C(F)(F)P(F)(F)(F)c1ccccc1. The molecule has 0 radical (unpaired) electrons. The zero-order chi connectivity index (χ0) is 13.6. The van der Waals surface area contributed by atoms with E-state index in [9.17, 15) is 30.2 Å². The van der Waals surface area contributed by atoms with Gasteiger partial charge in [0, 0.05) is 0 Å². The van der Waals surface area contributed by atoms with Crippen LogP contribution in [0.25, 0.3) is 0 Å². The molecule has 0 aromatic heterocycles. The van der Waals surface area contributed by atoms with Crippen molar-refractivity contribution in [2.45, 2.75) is 18.5 Å². The van der Waals surface area contributed by atoms with E-state index < -0.39 is 31.3 Å². The van der Waals surface area contributed by atoms with Gasteiger partial charge in [-0.15, -0.1) is 0 Å².